The molecule has 0 N–H and O–H groups in total. The Morgan fingerprint density at radius 3 is 2.62 bits per heavy atom. The van der Waals surface area contributed by atoms with Crippen LogP contribution in [-0.4, -0.2) is 9.97 Å². The van der Waals surface area contributed by atoms with Crippen LogP contribution < -0.4 is 0 Å². The molecular formula is C12H6ClFN2. The Morgan fingerprint density at radius 2 is 1.88 bits per heavy atom. The molecule has 1 heterocycles. The highest BCUT2D eigenvalue weighted by atomic mass is 35.5. The lowest BCUT2D eigenvalue weighted by Gasteiger charge is -1.92. The zero-order valence-corrected chi connectivity index (χ0v) is 8.87. The average Bonchev–Trinajstić information content (AvgIpc) is 2.32. The van der Waals surface area contributed by atoms with Crippen LogP contribution in [0.5, 0.6) is 0 Å². The number of nitrogens with zero attached hydrogens (tertiary/aromatic N) is 2. The van der Waals surface area contributed by atoms with Crippen molar-refractivity contribution in [2.45, 2.75) is 0 Å². The number of halogens is 2. The third kappa shape index (κ3) is 2.56. The van der Waals surface area contributed by atoms with Gasteiger partial charge >= 0.3 is 0 Å². The fourth-order valence-corrected chi connectivity index (χ4v) is 1.22. The molecule has 0 aliphatic heterocycles. The van der Waals surface area contributed by atoms with E-state index in [4.69, 9.17) is 11.6 Å². The minimum absolute atomic E-state index is 0.00357. The SMILES string of the molecule is Fc1cnc(Cl)nc1C#Cc1ccccc1. The van der Waals surface area contributed by atoms with E-state index >= 15 is 0 Å². The molecule has 16 heavy (non-hydrogen) atoms. The summed E-state index contributed by atoms with van der Waals surface area (Å²) in [6.07, 6.45) is 1.00. The molecule has 2 nitrogen and oxygen atoms in total. The molecule has 78 valence electrons. The first-order valence-corrected chi connectivity index (χ1v) is 4.88. The maximum absolute atomic E-state index is 13.2. The Bertz CT molecular complexity index is 558. The predicted octanol–water partition coefficient (Wildman–Crippen LogP) is 2.67. The van der Waals surface area contributed by atoms with Crippen molar-refractivity contribution in [3.8, 4) is 11.8 Å². The van der Waals surface area contributed by atoms with Crippen LogP contribution in [0.15, 0.2) is 36.5 Å². The molecule has 0 spiro atoms. The number of hydrogen-bond donors (Lipinski definition) is 0. The maximum atomic E-state index is 13.2. The summed E-state index contributed by atoms with van der Waals surface area (Å²) in [5, 5.41) is -0.0150. The zero-order valence-electron chi connectivity index (χ0n) is 8.11. The minimum atomic E-state index is -0.576. The van der Waals surface area contributed by atoms with Gasteiger partial charge in [0.1, 0.15) is 0 Å². The standard InChI is InChI=1S/C12H6ClFN2/c13-12-15-8-10(14)11(16-12)7-6-9-4-2-1-3-5-9/h1-5,8H. The van der Waals surface area contributed by atoms with Gasteiger partial charge in [-0.3, -0.25) is 0 Å². The molecule has 0 amide bonds. The highest BCUT2D eigenvalue weighted by molar-refractivity contribution is 6.28. The molecule has 2 aromatic rings. The van der Waals surface area contributed by atoms with Crippen LogP contribution in [0.1, 0.15) is 11.3 Å². The van der Waals surface area contributed by atoms with Gasteiger partial charge in [0, 0.05) is 5.56 Å². The van der Waals surface area contributed by atoms with E-state index in [0.29, 0.717) is 0 Å². The lowest BCUT2D eigenvalue weighted by atomic mass is 10.2. The molecule has 0 unspecified atom stereocenters. The van der Waals surface area contributed by atoms with Gasteiger partial charge in [0.05, 0.1) is 6.20 Å². The van der Waals surface area contributed by atoms with Crippen LogP contribution in [0.25, 0.3) is 0 Å². The molecule has 0 saturated carbocycles. The van der Waals surface area contributed by atoms with Crippen LogP contribution in [-0.2, 0) is 0 Å². The summed E-state index contributed by atoms with van der Waals surface area (Å²) in [6, 6.07) is 9.25. The molecule has 0 aliphatic rings. The molecule has 0 bridgehead atoms. The van der Waals surface area contributed by atoms with Crippen molar-refractivity contribution in [3.05, 3.63) is 58.9 Å². The summed E-state index contributed by atoms with van der Waals surface area (Å²) in [5.41, 5.74) is 0.792. The Labute approximate surface area is 97.1 Å². The fraction of sp³-hybridized carbons (Fsp3) is 0. The second-order valence-corrected chi connectivity index (χ2v) is 3.29. The molecule has 1 aromatic heterocycles. The van der Waals surface area contributed by atoms with Gasteiger partial charge in [0.25, 0.3) is 0 Å². The molecular weight excluding hydrogens is 227 g/mol. The van der Waals surface area contributed by atoms with Crippen LogP contribution >= 0.6 is 11.6 Å². The minimum Gasteiger partial charge on any atom is -0.223 e. The third-order valence-corrected chi connectivity index (χ3v) is 2.00. The van der Waals surface area contributed by atoms with Crippen molar-refractivity contribution in [1.82, 2.24) is 9.97 Å². The molecule has 0 atom stereocenters. The van der Waals surface area contributed by atoms with E-state index in [1.54, 1.807) is 0 Å². The van der Waals surface area contributed by atoms with Gasteiger partial charge in [0.2, 0.25) is 5.28 Å². The maximum Gasteiger partial charge on any atom is 0.223 e. The summed E-state index contributed by atoms with van der Waals surface area (Å²) in [5.74, 6) is 4.82. The number of rotatable bonds is 0. The van der Waals surface area contributed by atoms with Gasteiger partial charge in [0.15, 0.2) is 11.5 Å². The molecule has 0 saturated heterocycles. The Morgan fingerprint density at radius 1 is 1.12 bits per heavy atom. The summed E-state index contributed by atoms with van der Waals surface area (Å²) in [7, 11) is 0. The first-order chi connectivity index (χ1) is 7.75. The largest absolute Gasteiger partial charge is 0.223 e. The summed E-state index contributed by atoms with van der Waals surface area (Å²) in [4.78, 5) is 7.20. The monoisotopic (exact) mass is 232 g/mol. The highest BCUT2D eigenvalue weighted by Gasteiger charge is 2.01. The zero-order chi connectivity index (χ0) is 11.4. The van der Waals surface area contributed by atoms with E-state index in [1.807, 2.05) is 30.3 Å². The van der Waals surface area contributed by atoms with E-state index in [9.17, 15) is 4.39 Å². The van der Waals surface area contributed by atoms with Gasteiger partial charge in [-0.2, -0.15) is 0 Å². The Balaban J connectivity index is 2.34. The van der Waals surface area contributed by atoms with Gasteiger partial charge in [-0.05, 0) is 29.7 Å². The van der Waals surface area contributed by atoms with Crippen LogP contribution in [0, 0.1) is 17.7 Å². The highest BCUT2D eigenvalue weighted by Crippen LogP contribution is 2.05. The first kappa shape index (κ1) is 10.6. The number of hydrogen-bond acceptors (Lipinski definition) is 2. The van der Waals surface area contributed by atoms with Gasteiger partial charge in [-0.15, -0.1) is 0 Å². The lowest BCUT2D eigenvalue weighted by molar-refractivity contribution is 0.609. The first-order valence-electron chi connectivity index (χ1n) is 4.51. The van der Waals surface area contributed by atoms with Crippen LogP contribution in [0.2, 0.25) is 5.28 Å². The van der Waals surface area contributed by atoms with E-state index in [2.05, 4.69) is 21.8 Å². The molecule has 0 radical (unpaired) electrons. The van der Waals surface area contributed by atoms with Gasteiger partial charge in [-0.1, -0.05) is 24.1 Å². The predicted molar refractivity (Wildman–Crippen MR) is 59.4 cm³/mol. The van der Waals surface area contributed by atoms with E-state index in [-0.39, 0.29) is 11.0 Å². The van der Waals surface area contributed by atoms with Gasteiger partial charge in [-0.25, -0.2) is 14.4 Å². The Kier molecular flexibility index (Phi) is 3.13. The topological polar surface area (TPSA) is 25.8 Å². The van der Waals surface area contributed by atoms with Crippen LogP contribution in [0.3, 0.4) is 0 Å². The molecule has 4 heteroatoms. The van der Waals surface area contributed by atoms with E-state index < -0.39 is 5.82 Å². The quantitative estimate of drug-likeness (QED) is 0.516. The third-order valence-electron chi connectivity index (χ3n) is 1.81. The van der Waals surface area contributed by atoms with Crippen molar-refractivity contribution in [3.63, 3.8) is 0 Å². The van der Waals surface area contributed by atoms with Crippen molar-refractivity contribution in [2.75, 3.05) is 0 Å². The molecule has 0 fully saturated rings. The average molecular weight is 233 g/mol. The second-order valence-electron chi connectivity index (χ2n) is 2.95. The van der Waals surface area contributed by atoms with Crippen LogP contribution in [0.4, 0.5) is 4.39 Å². The normalized spacial score (nSPS) is 9.38. The van der Waals surface area contributed by atoms with Crippen molar-refractivity contribution >= 4 is 11.6 Å². The van der Waals surface area contributed by atoms with E-state index in [1.165, 1.54) is 0 Å². The lowest BCUT2D eigenvalue weighted by Crippen LogP contribution is -1.92. The van der Waals surface area contributed by atoms with Crippen molar-refractivity contribution in [2.24, 2.45) is 0 Å². The second kappa shape index (κ2) is 4.73. The molecule has 2 rings (SSSR count). The van der Waals surface area contributed by atoms with E-state index in [0.717, 1.165) is 11.8 Å². The summed E-state index contributed by atoms with van der Waals surface area (Å²) < 4.78 is 13.2. The van der Waals surface area contributed by atoms with Gasteiger partial charge < -0.3 is 0 Å². The van der Waals surface area contributed by atoms with Crippen molar-refractivity contribution < 1.29 is 4.39 Å². The molecule has 0 aliphatic carbocycles. The number of aromatic nitrogens is 2. The smallest absolute Gasteiger partial charge is 0.223 e. The molecule has 1 aromatic carbocycles. The summed E-state index contributed by atoms with van der Waals surface area (Å²) >= 11 is 5.54. The fourth-order valence-electron chi connectivity index (χ4n) is 1.09. The Hall–Kier alpha value is -1.92. The number of benzene rings is 1. The summed E-state index contributed by atoms with van der Waals surface area (Å²) in [6.45, 7) is 0. The van der Waals surface area contributed by atoms with Crippen molar-refractivity contribution in [1.29, 1.82) is 0 Å².